The summed E-state index contributed by atoms with van der Waals surface area (Å²) in [6.45, 7) is 3.39. The van der Waals surface area contributed by atoms with E-state index in [1.807, 2.05) is 12.1 Å². The molecule has 4 rings (SSSR count). The van der Waals surface area contributed by atoms with Gasteiger partial charge in [0.2, 0.25) is 0 Å². The molecule has 2 heteroatoms. The van der Waals surface area contributed by atoms with E-state index in [1.165, 1.54) is 56.3 Å². The maximum atomic E-state index is 9.51. The molecule has 2 aliphatic rings. The number of piperidine rings is 1. The van der Waals surface area contributed by atoms with E-state index < -0.39 is 0 Å². The second kappa shape index (κ2) is 9.74. The molecule has 0 aromatic heterocycles. The predicted octanol–water partition coefficient (Wildman–Crippen LogP) is 4.99. The Morgan fingerprint density at radius 2 is 1.32 bits per heavy atom. The predicted molar refractivity (Wildman–Crippen MR) is 106 cm³/mol. The molecule has 1 unspecified atom stereocenters. The van der Waals surface area contributed by atoms with Crippen LogP contribution in [0.2, 0.25) is 0 Å². The van der Waals surface area contributed by atoms with Gasteiger partial charge >= 0.3 is 0 Å². The van der Waals surface area contributed by atoms with Gasteiger partial charge in [-0.15, -0.1) is 0 Å². The molecule has 0 amide bonds. The lowest BCUT2D eigenvalue weighted by Crippen LogP contribution is -2.40. The normalized spacial score (nSPS) is 21.6. The van der Waals surface area contributed by atoms with Crippen molar-refractivity contribution in [3.05, 3.63) is 60.7 Å². The van der Waals surface area contributed by atoms with Crippen molar-refractivity contribution in [2.75, 3.05) is 19.6 Å². The fourth-order valence-electron chi connectivity index (χ4n) is 4.02. The molecule has 0 spiro atoms. The van der Waals surface area contributed by atoms with Crippen LogP contribution in [-0.2, 0) is 0 Å². The first-order valence-electron chi connectivity index (χ1n) is 9.82. The Morgan fingerprint density at radius 1 is 0.760 bits per heavy atom. The van der Waals surface area contributed by atoms with Crippen molar-refractivity contribution in [3.8, 4) is 11.1 Å². The van der Waals surface area contributed by atoms with Crippen LogP contribution in [0.1, 0.15) is 38.5 Å². The van der Waals surface area contributed by atoms with Crippen molar-refractivity contribution >= 4 is 0 Å². The van der Waals surface area contributed by atoms with Crippen molar-refractivity contribution in [1.29, 1.82) is 0 Å². The Morgan fingerprint density at radius 3 is 1.84 bits per heavy atom. The van der Waals surface area contributed by atoms with Gasteiger partial charge in [-0.2, -0.15) is 0 Å². The van der Waals surface area contributed by atoms with Crippen LogP contribution in [-0.4, -0.2) is 35.7 Å². The summed E-state index contributed by atoms with van der Waals surface area (Å²) in [7, 11) is 0. The van der Waals surface area contributed by atoms with Gasteiger partial charge in [-0.3, -0.25) is 0 Å². The number of nitrogens with zero attached hydrogens (tertiary/aromatic N) is 1. The summed E-state index contributed by atoms with van der Waals surface area (Å²) >= 11 is 0. The van der Waals surface area contributed by atoms with Gasteiger partial charge in [0, 0.05) is 13.1 Å². The molecular formula is C23H31NO. The number of benzene rings is 2. The molecular weight excluding hydrogens is 306 g/mol. The smallest absolute Gasteiger partial charge is 0.0667 e. The van der Waals surface area contributed by atoms with E-state index in [0.717, 1.165) is 18.9 Å². The van der Waals surface area contributed by atoms with Crippen molar-refractivity contribution in [2.45, 2.75) is 44.6 Å². The molecule has 1 aliphatic carbocycles. The van der Waals surface area contributed by atoms with E-state index in [-0.39, 0.29) is 6.10 Å². The first kappa shape index (κ1) is 18.2. The topological polar surface area (TPSA) is 23.5 Å². The van der Waals surface area contributed by atoms with Crippen LogP contribution in [0, 0.1) is 5.92 Å². The highest BCUT2D eigenvalue weighted by Gasteiger charge is 2.22. The highest BCUT2D eigenvalue weighted by molar-refractivity contribution is 5.62. The van der Waals surface area contributed by atoms with Gasteiger partial charge in [0.05, 0.1) is 6.10 Å². The van der Waals surface area contributed by atoms with Crippen molar-refractivity contribution < 1.29 is 5.11 Å². The van der Waals surface area contributed by atoms with E-state index in [0.29, 0.717) is 0 Å². The fourth-order valence-corrected chi connectivity index (χ4v) is 4.02. The van der Waals surface area contributed by atoms with E-state index in [2.05, 4.69) is 53.4 Å². The standard InChI is InChI=1S/C12H10.C11H21NO/c1-3-7-11(8-4-1)12-9-5-2-6-10-12;13-11-6-3-7-12(9-11)8-10-4-1-2-5-10/h1-10H;10-11,13H,1-9H2. The van der Waals surface area contributed by atoms with Gasteiger partial charge in [-0.25, -0.2) is 0 Å². The Balaban J connectivity index is 0.000000146. The fraction of sp³-hybridized carbons (Fsp3) is 0.478. The molecule has 1 N–H and O–H groups in total. The van der Waals surface area contributed by atoms with Crippen LogP contribution >= 0.6 is 0 Å². The average molecular weight is 338 g/mol. The molecule has 1 atom stereocenters. The lowest BCUT2D eigenvalue weighted by molar-refractivity contribution is 0.0625. The number of hydrogen-bond donors (Lipinski definition) is 1. The average Bonchev–Trinajstić information content (AvgIpc) is 3.17. The van der Waals surface area contributed by atoms with E-state index in [4.69, 9.17) is 0 Å². The molecule has 134 valence electrons. The minimum Gasteiger partial charge on any atom is -0.392 e. The largest absolute Gasteiger partial charge is 0.392 e. The van der Waals surface area contributed by atoms with Crippen molar-refractivity contribution in [1.82, 2.24) is 4.90 Å². The number of β-amino-alcohol motifs (C(OH)–C–C–N with tert-alkyl or cyclic N) is 1. The highest BCUT2D eigenvalue weighted by atomic mass is 16.3. The first-order valence-corrected chi connectivity index (χ1v) is 9.82. The summed E-state index contributed by atoms with van der Waals surface area (Å²) in [5, 5.41) is 9.51. The molecule has 2 aromatic carbocycles. The molecule has 1 saturated heterocycles. The Bertz CT molecular complexity index is 555. The molecule has 1 heterocycles. The third kappa shape index (κ3) is 5.98. The van der Waals surface area contributed by atoms with Gasteiger partial charge in [0.15, 0.2) is 0 Å². The first-order chi connectivity index (χ1) is 12.3. The monoisotopic (exact) mass is 337 g/mol. The second-order valence-electron chi connectivity index (χ2n) is 7.44. The van der Waals surface area contributed by atoms with Gasteiger partial charge in [-0.05, 0) is 49.3 Å². The summed E-state index contributed by atoms with van der Waals surface area (Å²) in [6, 6.07) is 20.8. The zero-order valence-electron chi connectivity index (χ0n) is 15.2. The van der Waals surface area contributed by atoms with E-state index in [1.54, 1.807) is 0 Å². The number of rotatable bonds is 3. The van der Waals surface area contributed by atoms with Gasteiger partial charge in [0.1, 0.15) is 0 Å². The van der Waals surface area contributed by atoms with Crippen LogP contribution in [0.3, 0.4) is 0 Å². The molecule has 2 aromatic rings. The number of aliphatic hydroxyl groups excluding tert-OH is 1. The lowest BCUT2D eigenvalue weighted by Gasteiger charge is -2.31. The molecule has 1 saturated carbocycles. The number of aliphatic hydroxyl groups is 1. The SMILES string of the molecule is OC1CCCN(CC2CCCC2)C1.c1ccc(-c2ccccc2)cc1. The van der Waals surface area contributed by atoms with Gasteiger partial charge < -0.3 is 10.0 Å². The Labute approximate surface area is 152 Å². The summed E-state index contributed by atoms with van der Waals surface area (Å²) in [5.41, 5.74) is 2.55. The third-order valence-electron chi connectivity index (χ3n) is 5.35. The molecule has 2 nitrogen and oxygen atoms in total. The van der Waals surface area contributed by atoms with E-state index in [9.17, 15) is 5.11 Å². The number of likely N-dealkylation sites (tertiary alicyclic amines) is 1. The number of hydrogen-bond acceptors (Lipinski definition) is 2. The maximum absolute atomic E-state index is 9.51. The molecule has 0 bridgehead atoms. The van der Waals surface area contributed by atoms with E-state index >= 15 is 0 Å². The molecule has 25 heavy (non-hydrogen) atoms. The quantitative estimate of drug-likeness (QED) is 0.853. The van der Waals surface area contributed by atoms with Crippen molar-refractivity contribution in [3.63, 3.8) is 0 Å². The summed E-state index contributed by atoms with van der Waals surface area (Å²) in [4.78, 5) is 2.46. The van der Waals surface area contributed by atoms with Crippen LogP contribution in [0.15, 0.2) is 60.7 Å². The summed E-state index contributed by atoms with van der Waals surface area (Å²) < 4.78 is 0. The van der Waals surface area contributed by atoms with Crippen molar-refractivity contribution in [2.24, 2.45) is 5.92 Å². The van der Waals surface area contributed by atoms with Crippen LogP contribution in [0.4, 0.5) is 0 Å². The molecule has 0 radical (unpaired) electrons. The second-order valence-corrected chi connectivity index (χ2v) is 7.44. The Hall–Kier alpha value is -1.64. The van der Waals surface area contributed by atoms with Crippen LogP contribution in [0.5, 0.6) is 0 Å². The minimum absolute atomic E-state index is 0.0462. The zero-order valence-corrected chi connectivity index (χ0v) is 15.2. The minimum atomic E-state index is -0.0462. The third-order valence-corrected chi connectivity index (χ3v) is 5.35. The zero-order chi connectivity index (χ0) is 17.3. The van der Waals surface area contributed by atoms with Gasteiger partial charge in [-0.1, -0.05) is 73.5 Å². The molecule has 1 aliphatic heterocycles. The highest BCUT2D eigenvalue weighted by Crippen LogP contribution is 2.26. The summed E-state index contributed by atoms with van der Waals surface area (Å²) in [5.74, 6) is 0.935. The lowest BCUT2D eigenvalue weighted by atomic mass is 10.0. The van der Waals surface area contributed by atoms with Crippen LogP contribution in [0.25, 0.3) is 11.1 Å². The summed E-state index contributed by atoms with van der Waals surface area (Å²) in [6.07, 6.45) is 7.87. The maximum Gasteiger partial charge on any atom is 0.0667 e. The van der Waals surface area contributed by atoms with Crippen LogP contribution < -0.4 is 0 Å². The Kier molecular flexibility index (Phi) is 7.08. The molecule has 2 fully saturated rings. The van der Waals surface area contributed by atoms with Gasteiger partial charge in [0.25, 0.3) is 0 Å².